The van der Waals surface area contributed by atoms with E-state index in [4.69, 9.17) is 5.11 Å². The van der Waals surface area contributed by atoms with Gasteiger partial charge < -0.3 is 10.0 Å². The third kappa shape index (κ3) is 4.94. The van der Waals surface area contributed by atoms with Gasteiger partial charge in [-0.15, -0.1) is 0 Å². The maximum absolute atomic E-state index is 9.04. The van der Waals surface area contributed by atoms with Gasteiger partial charge in [-0.2, -0.15) is 0 Å². The van der Waals surface area contributed by atoms with Gasteiger partial charge >= 0.3 is 0 Å². The van der Waals surface area contributed by atoms with E-state index in [0.29, 0.717) is 12.1 Å². The highest BCUT2D eigenvalue weighted by Crippen LogP contribution is 2.32. The van der Waals surface area contributed by atoms with E-state index < -0.39 is 0 Å². The van der Waals surface area contributed by atoms with Gasteiger partial charge in [0.2, 0.25) is 0 Å². The summed E-state index contributed by atoms with van der Waals surface area (Å²) in [5, 5.41) is 9.04. The monoisotopic (exact) mass is 242 g/mol. The number of aliphatic hydroxyl groups excluding tert-OH is 1. The first-order valence-electron chi connectivity index (χ1n) is 6.96. The molecule has 3 nitrogen and oxygen atoms in total. The number of likely N-dealkylation sites (tertiary alicyclic amines) is 1. The summed E-state index contributed by atoms with van der Waals surface area (Å²) in [6.07, 6.45) is 4.72. The Balaban J connectivity index is 2.36. The summed E-state index contributed by atoms with van der Waals surface area (Å²) < 4.78 is 0. The maximum Gasteiger partial charge on any atom is 0.0433 e. The molecule has 17 heavy (non-hydrogen) atoms. The SMILES string of the molecule is CN(C)CCCN1CCC(CCO)CC1(C)C. The summed E-state index contributed by atoms with van der Waals surface area (Å²) in [7, 11) is 4.28. The molecular formula is C14H30N2O. The topological polar surface area (TPSA) is 26.7 Å². The van der Waals surface area contributed by atoms with Crippen LogP contribution in [0.1, 0.15) is 39.5 Å². The summed E-state index contributed by atoms with van der Waals surface area (Å²) in [4.78, 5) is 4.88. The molecule has 0 aliphatic carbocycles. The van der Waals surface area contributed by atoms with Crippen LogP contribution in [-0.4, -0.2) is 60.8 Å². The first-order valence-corrected chi connectivity index (χ1v) is 6.96. The fourth-order valence-corrected chi connectivity index (χ4v) is 3.00. The van der Waals surface area contributed by atoms with Gasteiger partial charge in [0.25, 0.3) is 0 Å². The first kappa shape index (κ1) is 14.9. The van der Waals surface area contributed by atoms with Crippen LogP contribution in [0.15, 0.2) is 0 Å². The Bertz CT molecular complexity index is 216. The van der Waals surface area contributed by atoms with E-state index in [1.165, 1.54) is 38.9 Å². The third-order valence-corrected chi connectivity index (χ3v) is 4.02. The average molecular weight is 242 g/mol. The minimum atomic E-state index is 0.310. The maximum atomic E-state index is 9.04. The van der Waals surface area contributed by atoms with Crippen molar-refractivity contribution < 1.29 is 5.11 Å². The molecule has 3 heteroatoms. The molecule has 1 fully saturated rings. The second kappa shape index (κ2) is 6.72. The number of rotatable bonds is 6. The Labute approximate surface area is 107 Å². The van der Waals surface area contributed by atoms with E-state index in [1.54, 1.807) is 0 Å². The summed E-state index contributed by atoms with van der Waals surface area (Å²) in [6.45, 7) is 8.63. The first-order chi connectivity index (χ1) is 7.95. The highest BCUT2D eigenvalue weighted by atomic mass is 16.3. The molecule has 1 atom stereocenters. The smallest absolute Gasteiger partial charge is 0.0433 e. The second-order valence-corrected chi connectivity index (χ2v) is 6.33. The number of piperidine rings is 1. The van der Waals surface area contributed by atoms with Crippen molar-refractivity contribution in [1.82, 2.24) is 9.80 Å². The molecule has 1 unspecified atom stereocenters. The molecule has 0 radical (unpaired) electrons. The minimum absolute atomic E-state index is 0.310. The van der Waals surface area contributed by atoms with Gasteiger partial charge in [-0.1, -0.05) is 0 Å². The number of hydrogen-bond acceptors (Lipinski definition) is 3. The lowest BCUT2D eigenvalue weighted by Crippen LogP contribution is -2.50. The van der Waals surface area contributed by atoms with Gasteiger partial charge in [0.05, 0.1) is 0 Å². The Hall–Kier alpha value is -0.120. The van der Waals surface area contributed by atoms with E-state index in [9.17, 15) is 0 Å². The summed E-state index contributed by atoms with van der Waals surface area (Å²) in [6, 6.07) is 0. The lowest BCUT2D eigenvalue weighted by molar-refractivity contribution is 0.0369. The van der Waals surface area contributed by atoms with Crippen molar-refractivity contribution in [2.24, 2.45) is 5.92 Å². The standard InChI is InChI=1S/C14H30N2O/c1-14(2)12-13(7-11-17)6-10-16(14)9-5-8-15(3)4/h13,17H,5-12H2,1-4H3. The van der Waals surface area contributed by atoms with Gasteiger partial charge in [0, 0.05) is 12.1 Å². The molecule has 0 aromatic rings. The highest BCUT2D eigenvalue weighted by Gasteiger charge is 2.33. The quantitative estimate of drug-likeness (QED) is 0.769. The molecule has 0 amide bonds. The zero-order valence-electron chi connectivity index (χ0n) is 12.1. The largest absolute Gasteiger partial charge is 0.396 e. The molecule has 1 rings (SSSR count). The number of hydrogen-bond donors (Lipinski definition) is 1. The van der Waals surface area contributed by atoms with Crippen LogP contribution in [-0.2, 0) is 0 Å². The fourth-order valence-electron chi connectivity index (χ4n) is 3.00. The molecule has 1 heterocycles. The van der Waals surface area contributed by atoms with Crippen molar-refractivity contribution in [2.75, 3.05) is 40.3 Å². The second-order valence-electron chi connectivity index (χ2n) is 6.33. The number of aliphatic hydroxyl groups is 1. The lowest BCUT2D eigenvalue weighted by atomic mass is 9.81. The molecule has 1 saturated heterocycles. The average Bonchev–Trinajstić information content (AvgIpc) is 2.20. The van der Waals surface area contributed by atoms with Gasteiger partial charge in [0.15, 0.2) is 0 Å². The molecule has 0 saturated carbocycles. The van der Waals surface area contributed by atoms with E-state index in [-0.39, 0.29) is 0 Å². The fraction of sp³-hybridized carbons (Fsp3) is 1.00. The van der Waals surface area contributed by atoms with Gasteiger partial charge in [-0.25, -0.2) is 0 Å². The Kier molecular flexibility index (Phi) is 5.90. The van der Waals surface area contributed by atoms with Crippen molar-refractivity contribution >= 4 is 0 Å². The van der Waals surface area contributed by atoms with Crippen molar-refractivity contribution in [2.45, 2.75) is 45.1 Å². The van der Waals surface area contributed by atoms with Gasteiger partial charge in [0.1, 0.15) is 0 Å². The highest BCUT2D eigenvalue weighted by molar-refractivity contribution is 4.89. The van der Waals surface area contributed by atoms with Crippen LogP contribution in [0.2, 0.25) is 0 Å². The normalized spacial score (nSPS) is 25.4. The number of nitrogens with zero attached hydrogens (tertiary/aromatic N) is 2. The molecule has 0 aromatic heterocycles. The molecule has 102 valence electrons. The van der Waals surface area contributed by atoms with Gasteiger partial charge in [-0.05, 0) is 79.2 Å². The predicted octanol–water partition coefficient (Wildman–Crippen LogP) is 1.81. The van der Waals surface area contributed by atoms with E-state index in [0.717, 1.165) is 12.3 Å². The van der Waals surface area contributed by atoms with Crippen LogP contribution in [0.5, 0.6) is 0 Å². The molecule has 1 N–H and O–H groups in total. The Morgan fingerprint density at radius 1 is 1.35 bits per heavy atom. The molecule has 0 spiro atoms. The van der Waals surface area contributed by atoms with E-state index in [2.05, 4.69) is 37.7 Å². The molecule has 1 aliphatic heterocycles. The van der Waals surface area contributed by atoms with Crippen molar-refractivity contribution in [3.8, 4) is 0 Å². The van der Waals surface area contributed by atoms with Crippen LogP contribution in [0.4, 0.5) is 0 Å². The molecule has 1 aliphatic rings. The van der Waals surface area contributed by atoms with E-state index >= 15 is 0 Å². The van der Waals surface area contributed by atoms with E-state index in [1.807, 2.05) is 0 Å². The predicted molar refractivity (Wildman–Crippen MR) is 73.2 cm³/mol. The zero-order chi connectivity index (χ0) is 12.9. The summed E-state index contributed by atoms with van der Waals surface area (Å²) in [5.74, 6) is 0.722. The van der Waals surface area contributed by atoms with Crippen LogP contribution in [0.25, 0.3) is 0 Å². The summed E-state index contributed by atoms with van der Waals surface area (Å²) in [5.41, 5.74) is 0.310. The van der Waals surface area contributed by atoms with Crippen LogP contribution in [0, 0.1) is 5.92 Å². The third-order valence-electron chi connectivity index (χ3n) is 4.02. The van der Waals surface area contributed by atoms with Crippen molar-refractivity contribution in [3.63, 3.8) is 0 Å². The van der Waals surface area contributed by atoms with Crippen molar-refractivity contribution in [1.29, 1.82) is 0 Å². The molecular weight excluding hydrogens is 212 g/mol. The van der Waals surface area contributed by atoms with Crippen LogP contribution < -0.4 is 0 Å². The van der Waals surface area contributed by atoms with Gasteiger partial charge in [-0.3, -0.25) is 4.90 Å². The molecule has 0 aromatic carbocycles. The van der Waals surface area contributed by atoms with Crippen LogP contribution >= 0.6 is 0 Å². The van der Waals surface area contributed by atoms with Crippen LogP contribution in [0.3, 0.4) is 0 Å². The molecule has 0 bridgehead atoms. The van der Waals surface area contributed by atoms with Crippen molar-refractivity contribution in [3.05, 3.63) is 0 Å². The zero-order valence-corrected chi connectivity index (χ0v) is 12.1. The minimum Gasteiger partial charge on any atom is -0.396 e. The Morgan fingerprint density at radius 2 is 2.06 bits per heavy atom. The summed E-state index contributed by atoms with van der Waals surface area (Å²) >= 11 is 0. The Morgan fingerprint density at radius 3 is 2.59 bits per heavy atom. The lowest BCUT2D eigenvalue weighted by Gasteiger charge is -2.46.